The molecule has 0 aromatic heterocycles. The Morgan fingerprint density at radius 3 is 2.47 bits per heavy atom. The molecule has 19 heavy (non-hydrogen) atoms. The van der Waals surface area contributed by atoms with Crippen LogP contribution in [-0.2, 0) is 6.54 Å². The van der Waals surface area contributed by atoms with Crippen molar-refractivity contribution in [2.75, 3.05) is 13.6 Å². The third-order valence-corrected chi connectivity index (χ3v) is 4.58. The summed E-state index contributed by atoms with van der Waals surface area (Å²) in [6.07, 6.45) is 5.73. The molecule has 3 rings (SSSR count). The summed E-state index contributed by atoms with van der Waals surface area (Å²) in [5, 5.41) is 6.22. The van der Waals surface area contributed by atoms with Gasteiger partial charge in [-0.15, -0.1) is 0 Å². The average molecular weight is 258 g/mol. The molecule has 3 nitrogen and oxygen atoms in total. The Balaban J connectivity index is 1.48. The molecule has 2 fully saturated rings. The summed E-state index contributed by atoms with van der Waals surface area (Å²) in [5.74, 6) is 0.987. The van der Waals surface area contributed by atoms with Crippen molar-refractivity contribution in [3.05, 3.63) is 35.4 Å². The van der Waals surface area contributed by atoms with Crippen molar-refractivity contribution in [3.8, 4) is 0 Å². The fourth-order valence-corrected chi connectivity index (χ4v) is 2.96. The fourth-order valence-electron chi connectivity index (χ4n) is 2.96. The minimum absolute atomic E-state index is 0.0230. The minimum atomic E-state index is -0.0230. The maximum Gasteiger partial charge on any atom is 0.251 e. The van der Waals surface area contributed by atoms with E-state index in [4.69, 9.17) is 0 Å². The largest absolute Gasteiger partial charge is 0.355 e. The quantitative estimate of drug-likeness (QED) is 0.822. The summed E-state index contributed by atoms with van der Waals surface area (Å²) in [6, 6.07) is 7.86. The number of carbonyl (C=O) groups is 1. The molecule has 0 radical (unpaired) electrons. The van der Waals surface area contributed by atoms with E-state index in [-0.39, 0.29) is 5.91 Å². The van der Waals surface area contributed by atoms with E-state index < -0.39 is 0 Å². The van der Waals surface area contributed by atoms with Crippen LogP contribution in [0.5, 0.6) is 0 Å². The first-order valence-corrected chi connectivity index (χ1v) is 7.25. The predicted molar refractivity (Wildman–Crippen MR) is 75.9 cm³/mol. The van der Waals surface area contributed by atoms with Crippen LogP contribution in [0.1, 0.15) is 41.6 Å². The summed E-state index contributed by atoms with van der Waals surface area (Å²) in [5.41, 5.74) is 2.63. The molecule has 0 atom stereocenters. The second-order valence-electron chi connectivity index (χ2n) is 6.02. The zero-order chi connectivity index (χ0) is 13.3. The Morgan fingerprint density at radius 2 is 1.95 bits per heavy atom. The topological polar surface area (TPSA) is 41.1 Å². The van der Waals surface area contributed by atoms with Crippen molar-refractivity contribution in [1.29, 1.82) is 0 Å². The van der Waals surface area contributed by atoms with Crippen LogP contribution < -0.4 is 10.6 Å². The molecule has 0 heterocycles. The summed E-state index contributed by atoms with van der Waals surface area (Å²) in [7, 11) is 1.66. The van der Waals surface area contributed by atoms with E-state index in [1.807, 2.05) is 24.3 Å². The maximum atomic E-state index is 11.4. The van der Waals surface area contributed by atoms with Crippen LogP contribution >= 0.6 is 0 Å². The van der Waals surface area contributed by atoms with Gasteiger partial charge in [0.1, 0.15) is 0 Å². The number of nitrogens with one attached hydrogen (secondary N) is 2. The van der Waals surface area contributed by atoms with Crippen molar-refractivity contribution < 1.29 is 4.79 Å². The standard InChI is InChI=1S/C16H22N2O/c1-17-15(19)13-4-2-12(3-5-13)10-18-11-16(8-9-16)14-6-7-14/h2-5,14,18H,6-11H2,1H3,(H,17,19). The van der Waals surface area contributed by atoms with Gasteiger partial charge in [-0.1, -0.05) is 12.1 Å². The third-order valence-electron chi connectivity index (χ3n) is 4.58. The van der Waals surface area contributed by atoms with Gasteiger partial charge in [-0.3, -0.25) is 4.79 Å². The van der Waals surface area contributed by atoms with Crippen molar-refractivity contribution in [1.82, 2.24) is 10.6 Å². The lowest BCUT2D eigenvalue weighted by atomic mass is 10.0. The van der Waals surface area contributed by atoms with E-state index >= 15 is 0 Å². The molecule has 102 valence electrons. The minimum Gasteiger partial charge on any atom is -0.355 e. The van der Waals surface area contributed by atoms with Gasteiger partial charge in [0, 0.05) is 25.7 Å². The molecule has 0 spiro atoms. The molecule has 1 aromatic rings. The molecule has 0 unspecified atom stereocenters. The van der Waals surface area contributed by atoms with E-state index in [9.17, 15) is 4.79 Å². The van der Waals surface area contributed by atoms with Crippen LogP contribution in [0.15, 0.2) is 24.3 Å². The number of amides is 1. The van der Waals surface area contributed by atoms with E-state index in [0.29, 0.717) is 5.41 Å². The Morgan fingerprint density at radius 1 is 1.26 bits per heavy atom. The molecule has 2 aliphatic rings. The molecule has 0 saturated heterocycles. The second-order valence-corrected chi connectivity index (χ2v) is 6.02. The lowest BCUT2D eigenvalue weighted by Crippen LogP contribution is -2.25. The van der Waals surface area contributed by atoms with Gasteiger partial charge in [0.2, 0.25) is 0 Å². The van der Waals surface area contributed by atoms with Gasteiger partial charge in [0.15, 0.2) is 0 Å². The van der Waals surface area contributed by atoms with Crippen LogP contribution in [0.25, 0.3) is 0 Å². The van der Waals surface area contributed by atoms with Crippen molar-refractivity contribution in [2.45, 2.75) is 32.2 Å². The smallest absolute Gasteiger partial charge is 0.251 e. The Labute approximate surface area is 114 Å². The zero-order valence-electron chi connectivity index (χ0n) is 11.5. The van der Waals surface area contributed by atoms with Crippen LogP contribution in [0, 0.1) is 11.3 Å². The first-order chi connectivity index (χ1) is 9.23. The molecule has 3 heteroatoms. The van der Waals surface area contributed by atoms with Gasteiger partial charge in [0.05, 0.1) is 0 Å². The molecule has 2 aliphatic carbocycles. The second kappa shape index (κ2) is 4.97. The first kappa shape index (κ1) is 12.7. The third kappa shape index (κ3) is 2.81. The maximum absolute atomic E-state index is 11.4. The first-order valence-electron chi connectivity index (χ1n) is 7.25. The molecule has 2 saturated carbocycles. The van der Waals surface area contributed by atoms with Crippen LogP contribution in [-0.4, -0.2) is 19.5 Å². The highest BCUT2D eigenvalue weighted by molar-refractivity contribution is 5.93. The number of hydrogen-bond acceptors (Lipinski definition) is 2. The Kier molecular flexibility index (Phi) is 3.31. The van der Waals surface area contributed by atoms with Gasteiger partial charge in [-0.2, -0.15) is 0 Å². The molecule has 0 bridgehead atoms. The van der Waals surface area contributed by atoms with Gasteiger partial charge < -0.3 is 10.6 Å². The fraction of sp³-hybridized carbons (Fsp3) is 0.562. The van der Waals surface area contributed by atoms with Gasteiger partial charge in [-0.25, -0.2) is 0 Å². The highest BCUT2D eigenvalue weighted by Gasteiger charge is 2.53. The van der Waals surface area contributed by atoms with Crippen molar-refractivity contribution in [3.63, 3.8) is 0 Å². The lowest BCUT2D eigenvalue weighted by Gasteiger charge is -2.15. The number of carbonyl (C=O) groups excluding carboxylic acids is 1. The van der Waals surface area contributed by atoms with Crippen LogP contribution in [0.3, 0.4) is 0 Å². The molecule has 1 aromatic carbocycles. The molecule has 0 aliphatic heterocycles. The summed E-state index contributed by atoms with van der Waals surface area (Å²) >= 11 is 0. The summed E-state index contributed by atoms with van der Waals surface area (Å²) in [6.45, 7) is 2.07. The van der Waals surface area contributed by atoms with Gasteiger partial charge >= 0.3 is 0 Å². The van der Waals surface area contributed by atoms with E-state index in [0.717, 1.165) is 24.6 Å². The molecular formula is C16H22N2O. The predicted octanol–water partition coefficient (Wildman–Crippen LogP) is 2.33. The summed E-state index contributed by atoms with van der Waals surface area (Å²) < 4.78 is 0. The molecule has 2 N–H and O–H groups in total. The van der Waals surface area contributed by atoms with Crippen molar-refractivity contribution in [2.24, 2.45) is 11.3 Å². The number of hydrogen-bond donors (Lipinski definition) is 2. The summed E-state index contributed by atoms with van der Waals surface area (Å²) in [4.78, 5) is 11.4. The monoisotopic (exact) mass is 258 g/mol. The van der Waals surface area contributed by atoms with E-state index in [1.54, 1.807) is 7.05 Å². The molecular weight excluding hydrogens is 236 g/mol. The van der Waals surface area contributed by atoms with Crippen LogP contribution in [0.2, 0.25) is 0 Å². The highest BCUT2D eigenvalue weighted by Crippen LogP contribution is 2.60. The SMILES string of the molecule is CNC(=O)c1ccc(CNCC2(C3CC3)CC2)cc1. The Bertz CT molecular complexity index is 458. The van der Waals surface area contributed by atoms with Crippen molar-refractivity contribution >= 4 is 5.91 Å². The van der Waals surface area contributed by atoms with Crippen LogP contribution in [0.4, 0.5) is 0 Å². The highest BCUT2D eigenvalue weighted by atomic mass is 16.1. The average Bonchev–Trinajstić information content (AvgIpc) is 3.30. The zero-order valence-corrected chi connectivity index (χ0v) is 11.5. The lowest BCUT2D eigenvalue weighted by molar-refractivity contribution is 0.0963. The Hall–Kier alpha value is -1.35. The number of rotatable bonds is 6. The number of benzene rings is 1. The van der Waals surface area contributed by atoms with E-state index in [1.165, 1.54) is 31.2 Å². The van der Waals surface area contributed by atoms with E-state index in [2.05, 4.69) is 10.6 Å². The normalized spacial score (nSPS) is 20.1. The van der Waals surface area contributed by atoms with Gasteiger partial charge in [-0.05, 0) is 54.7 Å². The molecule has 1 amide bonds. The van der Waals surface area contributed by atoms with Gasteiger partial charge in [0.25, 0.3) is 5.91 Å².